The van der Waals surface area contributed by atoms with E-state index in [1.165, 1.54) is 20.8 Å². The molecule has 0 saturated heterocycles. The number of carbonyl (C=O) groups excluding carboxylic acids is 2. The van der Waals surface area contributed by atoms with Gasteiger partial charge in [-0.3, -0.25) is 0 Å². The second kappa shape index (κ2) is 6.90. The van der Waals surface area contributed by atoms with Gasteiger partial charge in [0.25, 0.3) is 0 Å². The van der Waals surface area contributed by atoms with Crippen LogP contribution in [0.15, 0.2) is 0 Å². The molecule has 0 rings (SSSR count). The molecule has 1 amide bonds. The number of hydrogen-bond donors (Lipinski definition) is 3. The summed E-state index contributed by atoms with van der Waals surface area (Å²) in [4.78, 5) is 23.3. The number of amides is 1. The van der Waals surface area contributed by atoms with Crippen LogP contribution in [0.2, 0.25) is 0 Å². The fourth-order valence-corrected chi connectivity index (χ4v) is 1.15. The molecule has 0 fully saturated rings. The highest BCUT2D eigenvalue weighted by molar-refractivity contribution is 5.82. The average molecular weight is 291 g/mol. The number of ether oxygens (including phenoxy) is 2. The summed E-state index contributed by atoms with van der Waals surface area (Å²) in [6.45, 7) is 9.07. The van der Waals surface area contributed by atoms with Gasteiger partial charge in [-0.05, 0) is 41.5 Å². The van der Waals surface area contributed by atoms with E-state index in [4.69, 9.17) is 9.47 Å². The number of aliphatic hydroxyl groups is 2. The molecule has 0 radical (unpaired) electrons. The number of rotatable bonds is 5. The average Bonchev–Trinajstić information content (AvgIpc) is 2.18. The number of carbonyl (C=O) groups is 2. The molecule has 7 heteroatoms. The first-order chi connectivity index (χ1) is 8.82. The Bertz CT molecular complexity index is 340. The molecular weight excluding hydrogens is 266 g/mol. The van der Waals surface area contributed by atoms with Crippen molar-refractivity contribution in [3.63, 3.8) is 0 Å². The molecule has 0 spiro atoms. The summed E-state index contributed by atoms with van der Waals surface area (Å²) in [6, 6.07) is -1.26. The van der Waals surface area contributed by atoms with Crippen molar-refractivity contribution in [3.8, 4) is 0 Å². The normalized spacial score (nSPS) is 15.2. The highest BCUT2D eigenvalue weighted by atomic mass is 16.6. The first kappa shape index (κ1) is 18.7. The molecular formula is C13H25NO6. The zero-order valence-electron chi connectivity index (χ0n) is 12.9. The molecule has 2 atom stereocenters. The number of esters is 1. The van der Waals surface area contributed by atoms with Crippen LogP contribution in [0.5, 0.6) is 0 Å². The summed E-state index contributed by atoms with van der Waals surface area (Å²) >= 11 is 0. The number of hydrogen-bond acceptors (Lipinski definition) is 6. The van der Waals surface area contributed by atoms with E-state index in [0.717, 1.165) is 0 Å². The Morgan fingerprint density at radius 1 is 1.20 bits per heavy atom. The predicted molar refractivity (Wildman–Crippen MR) is 72.1 cm³/mol. The van der Waals surface area contributed by atoms with Crippen LogP contribution in [-0.2, 0) is 14.3 Å². The predicted octanol–water partition coefficient (Wildman–Crippen LogP) is 0.575. The molecule has 3 N–H and O–H groups in total. The molecule has 0 aliphatic rings. The van der Waals surface area contributed by atoms with Gasteiger partial charge in [0, 0.05) is 0 Å². The molecule has 0 saturated carbocycles. The lowest BCUT2D eigenvalue weighted by Gasteiger charge is -2.25. The van der Waals surface area contributed by atoms with E-state index in [9.17, 15) is 19.8 Å². The van der Waals surface area contributed by atoms with Gasteiger partial charge in [0.1, 0.15) is 12.2 Å². The van der Waals surface area contributed by atoms with Crippen LogP contribution in [0.4, 0.5) is 4.79 Å². The number of nitrogens with one attached hydrogen (secondary N) is 1. The molecule has 118 valence electrons. The van der Waals surface area contributed by atoms with Crippen molar-refractivity contribution in [1.82, 2.24) is 5.32 Å². The summed E-state index contributed by atoms with van der Waals surface area (Å²) < 4.78 is 9.84. The molecule has 0 aromatic rings. The van der Waals surface area contributed by atoms with Crippen molar-refractivity contribution in [1.29, 1.82) is 0 Å². The molecule has 0 aliphatic heterocycles. The van der Waals surface area contributed by atoms with E-state index in [1.54, 1.807) is 20.8 Å². The van der Waals surface area contributed by atoms with Crippen molar-refractivity contribution in [2.24, 2.45) is 0 Å². The van der Waals surface area contributed by atoms with Gasteiger partial charge >= 0.3 is 12.1 Å². The topological polar surface area (TPSA) is 105 Å². The quantitative estimate of drug-likeness (QED) is 0.640. The summed E-state index contributed by atoms with van der Waals surface area (Å²) in [5.74, 6) is -0.840. The molecule has 7 nitrogen and oxygen atoms in total. The Balaban J connectivity index is 4.58. The molecule has 20 heavy (non-hydrogen) atoms. The van der Waals surface area contributed by atoms with Crippen molar-refractivity contribution in [3.05, 3.63) is 0 Å². The van der Waals surface area contributed by atoms with Crippen molar-refractivity contribution in [2.75, 3.05) is 6.61 Å². The maximum absolute atomic E-state index is 11.8. The Labute approximate surface area is 119 Å². The van der Waals surface area contributed by atoms with Crippen molar-refractivity contribution in [2.45, 2.75) is 64.9 Å². The summed E-state index contributed by atoms with van der Waals surface area (Å²) in [6.07, 6.45) is -1.99. The lowest BCUT2D eigenvalue weighted by atomic mass is 10.1. The van der Waals surface area contributed by atoms with E-state index in [0.29, 0.717) is 0 Å². The number of alkyl carbamates (subject to hydrolysis) is 1. The Morgan fingerprint density at radius 2 is 1.70 bits per heavy atom. The van der Waals surface area contributed by atoms with E-state index < -0.39 is 35.4 Å². The first-order valence-electron chi connectivity index (χ1n) is 6.38. The van der Waals surface area contributed by atoms with Crippen LogP contribution in [-0.4, -0.2) is 52.2 Å². The van der Waals surface area contributed by atoms with Gasteiger partial charge in [-0.25, -0.2) is 9.59 Å². The van der Waals surface area contributed by atoms with Crippen molar-refractivity contribution >= 4 is 12.1 Å². The van der Waals surface area contributed by atoms with E-state index in [1.807, 2.05) is 0 Å². The van der Waals surface area contributed by atoms with Gasteiger partial charge in [0.2, 0.25) is 0 Å². The number of aliphatic hydroxyl groups excluding tert-OH is 1. The molecule has 0 heterocycles. The highest BCUT2D eigenvalue weighted by Gasteiger charge is 2.30. The van der Waals surface area contributed by atoms with Crippen LogP contribution < -0.4 is 5.32 Å². The summed E-state index contributed by atoms with van der Waals surface area (Å²) in [7, 11) is 0. The minimum absolute atomic E-state index is 0.245. The van der Waals surface area contributed by atoms with Gasteiger partial charge in [0.05, 0.1) is 11.7 Å². The minimum Gasteiger partial charge on any atom is -0.461 e. The molecule has 0 aliphatic carbocycles. The third-order valence-electron chi connectivity index (χ3n) is 1.98. The highest BCUT2D eigenvalue weighted by Crippen LogP contribution is 2.08. The second-order valence-electron chi connectivity index (χ2n) is 6.28. The Kier molecular flexibility index (Phi) is 6.43. The van der Waals surface area contributed by atoms with Gasteiger partial charge in [0.15, 0.2) is 6.04 Å². The van der Waals surface area contributed by atoms with E-state index in [2.05, 4.69) is 5.32 Å². The van der Waals surface area contributed by atoms with Crippen LogP contribution in [0.1, 0.15) is 41.5 Å². The maximum Gasteiger partial charge on any atom is 0.408 e. The minimum atomic E-state index is -1.26. The first-order valence-corrected chi connectivity index (χ1v) is 6.38. The lowest BCUT2D eigenvalue weighted by Crippen LogP contribution is -2.50. The Morgan fingerprint density at radius 3 is 2.05 bits per heavy atom. The third-order valence-corrected chi connectivity index (χ3v) is 1.98. The monoisotopic (exact) mass is 291 g/mol. The van der Waals surface area contributed by atoms with E-state index >= 15 is 0 Å². The largest absolute Gasteiger partial charge is 0.461 e. The van der Waals surface area contributed by atoms with Gasteiger partial charge in [-0.15, -0.1) is 0 Å². The molecule has 0 unspecified atom stereocenters. The fourth-order valence-electron chi connectivity index (χ4n) is 1.15. The third kappa shape index (κ3) is 8.71. The zero-order valence-corrected chi connectivity index (χ0v) is 12.9. The summed E-state index contributed by atoms with van der Waals surface area (Å²) in [5.41, 5.74) is -1.91. The van der Waals surface area contributed by atoms with Crippen LogP contribution in [0.25, 0.3) is 0 Å². The zero-order chi connectivity index (χ0) is 16.1. The van der Waals surface area contributed by atoms with Crippen LogP contribution in [0, 0.1) is 0 Å². The SMILES string of the molecule is C[C@@H](O)[C@H](NC(=O)OC(C)(C)C)C(=O)OCC(C)(C)O. The second-order valence-corrected chi connectivity index (χ2v) is 6.28. The smallest absolute Gasteiger partial charge is 0.408 e. The van der Waals surface area contributed by atoms with Crippen molar-refractivity contribution < 1.29 is 29.3 Å². The van der Waals surface area contributed by atoms with Crippen LogP contribution >= 0.6 is 0 Å². The maximum atomic E-state index is 11.8. The fraction of sp³-hybridized carbons (Fsp3) is 0.846. The van der Waals surface area contributed by atoms with Gasteiger partial charge in [-0.1, -0.05) is 0 Å². The standard InChI is InChI=1S/C13H25NO6/c1-8(15)9(10(16)19-7-13(5,6)18)14-11(17)20-12(2,3)4/h8-9,15,18H,7H2,1-6H3,(H,14,17)/t8-,9+/m1/s1. The Hall–Kier alpha value is -1.34. The van der Waals surface area contributed by atoms with Crippen LogP contribution in [0.3, 0.4) is 0 Å². The molecule has 0 bridgehead atoms. The van der Waals surface area contributed by atoms with E-state index in [-0.39, 0.29) is 6.61 Å². The van der Waals surface area contributed by atoms with Gasteiger partial charge < -0.3 is 25.0 Å². The summed E-state index contributed by atoms with van der Waals surface area (Å²) in [5, 5.41) is 21.2. The lowest BCUT2D eigenvalue weighted by molar-refractivity contribution is -0.155. The molecule has 0 aromatic heterocycles. The van der Waals surface area contributed by atoms with Gasteiger partial charge in [-0.2, -0.15) is 0 Å². The molecule has 0 aromatic carbocycles.